The van der Waals surface area contributed by atoms with Crippen LogP contribution in [0.1, 0.15) is 18.4 Å². The van der Waals surface area contributed by atoms with E-state index in [1.54, 1.807) is 14.2 Å². The Morgan fingerprint density at radius 3 is 2.34 bits per heavy atom. The van der Waals surface area contributed by atoms with Crippen molar-refractivity contribution in [1.29, 1.82) is 0 Å². The second-order valence-corrected chi connectivity index (χ2v) is 7.15. The number of hydrogen-bond acceptors (Lipinski definition) is 6. The predicted molar refractivity (Wildman–Crippen MR) is 114 cm³/mol. The molecule has 0 aliphatic carbocycles. The van der Waals surface area contributed by atoms with Gasteiger partial charge in [-0.25, -0.2) is 9.97 Å². The lowest BCUT2D eigenvalue weighted by molar-refractivity contribution is -0.00814. The molecule has 1 unspecified atom stereocenters. The number of ether oxygens (including phenoxy) is 2. The molecule has 2 aromatic carbocycles. The average molecular weight is 390 g/mol. The molecule has 1 aromatic heterocycles. The smallest absolute Gasteiger partial charge is 0.227 e. The molecule has 0 spiro atoms. The number of rotatable bonds is 7. The van der Waals surface area contributed by atoms with Gasteiger partial charge in [-0.15, -0.1) is 0 Å². The average Bonchev–Trinajstić information content (AvgIpc) is 3.23. The van der Waals surface area contributed by atoms with Crippen molar-refractivity contribution in [3.05, 3.63) is 66.5 Å². The molecule has 29 heavy (non-hydrogen) atoms. The van der Waals surface area contributed by atoms with E-state index in [2.05, 4.69) is 44.5 Å². The van der Waals surface area contributed by atoms with Crippen LogP contribution in [0.2, 0.25) is 0 Å². The van der Waals surface area contributed by atoms with Gasteiger partial charge in [0.2, 0.25) is 5.95 Å². The van der Waals surface area contributed by atoms with Gasteiger partial charge < -0.3 is 14.8 Å². The zero-order chi connectivity index (χ0) is 20.1. The first kappa shape index (κ1) is 19.4. The first-order valence-corrected chi connectivity index (χ1v) is 9.84. The molecule has 1 saturated heterocycles. The van der Waals surface area contributed by atoms with Crippen LogP contribution in [0.15, 0.2) is 60.9 Å². The van der Waals surface area contributed by atoms with Crippen LogP contribution in [0, 0.1) is 0 Å². The van der Waals surface area contributed by atoms with Gasteiger partial charge in [-0.2, -0.15) is 0 Å². The number of methoxy groups -OCH3 is 2. The van der Waals surface area contributed by atoms with Crippen molar-refractivity contribution in [2.24, 2.45) is 0 Å². The van der Waals surface area contributed by atoms with Crippen LogP contribution in [0.4, 0.5) is 11.6 Å². The van der Waals surface area contributed by atoms with E-state index in [0.717, 1.165) is 42.1 Å². The fourth-order valence-corrected chi connectivity index (χ4v) is 3.63. The number of hydrogen-bond donors (Lipinski definition) is 1. The van der Waals surface area contributed by atoms with Crippen LogP contribution in [-0.2, 0) is 11.3 Å². The standard InChI is InChI=1S/C23H26N4O2/c1-28-21-11-7-18(8-12-21)19-14-24-23(25-15-19)26-20-9-5-17(6-10-20)16-27-13-3-4-22(27)29-2/h5-12,14-15,22H,3-4,13,16H2,1-2H3,(H,24,25,26). The van der Waals surface area contributed by atoms with E-state index < -0.39 is 0 Å². The number of anilines is 2. The van der Waals surface area contributed by atoms with Crippen LogP contribution >= 0.6 is 0 Å². The third-order valence-corrected chi connectivity index (χ3v) is 5.25. The zero-order valence-corrected chi connectivity index (χ0v) is 16.8. The van der Waals surface area contributed by atoms with Crippen molar-refractivity contribution in [1.82, 2.24) is 14.9 Å². The molecule has 0 amide bonds. The van der Waals surface area contributed by atoms with Crippen molar-refractivity contribution in [3.8, 4) is 16.9 Å². The van der Waals surface area contributed by atoms with E-state index in [1.165, 1.54) is 12.0 Å². The highest BCUT2D eigenvalue weighted by molar-refractivity contribution is 5.63. The molecular formula is C23H26N4O2. The molecule has 1 N–H and O–H groups in total. The summed E-state index contributed by atoms with van der Waals surface area (Å²) in [5.74, 6) is 1.41. The molecule has 6 heteroatoms. The molecule has 3 aromatic rings. The van der Waals surface area contributed by atoms with Crippen molar-refractivity contribution in [3.63, 3.8) is 0 Å². The number of aromatic nitrogens is 2. The molecule has 0 saturated carbocycles. The first-order valence-electron chi connectivity index (χ1n) is 9.84. The molecule has 1 aliphatic rings. The molecule has 1 aliphatic heterocycles. The van der Waals surface area contributed by atoms with E-state index in [0.29, 0.717) is 5.95 Å². The van der Waals surface area contributed by atoms with Gasteiger partial charge in [0.1, 0.15) is 12.0 Å². The number of benzene rings is 2. The molecule has 6 nitrogen and oxygen atoms in total. The fraction of sp³-hybridized carbons (Fsp3) is 0.304. The van der Waals surface area contributed by atoms with Gasteiger partial charge in [0, 0.05) is 43.8 Å². The van der Waals surface area contributed by atoms with Crippen LogP contribution in [-0.4, -0.2) is 41.9 Å². The van der Waals surface area contributed by atoms with E-state index in [1.807, 2.05) is 36.7 Å². The molecule has 4 rings (SSSR count). The Labute approximate surface area is 171 Å². The van der Waals surface area contributed by atoms with E-state index in [9.17, 15) is 0 Å². The lowest BCUT2D eigenvalue weighted by atomic mass is 10.1. The van der Waals surface area contributed by atoms with E-state index >= 15 is 0 Å². The summed E-state index contributed by atoms with van der Waals surface area (Å²) in [6.45, 7) is 2.00. The van der Waals surface area contributed by atoms with Gasteiger partial charge in [-0.3, -0.25) is 4.90 Å². The van der Waals surface area contributed by atoms with Gasteiger partial charge in [-0.05, 0) is 48.2 Å². The Morgan fingerprint density at radius 2 is 1.69 bits per heavy atom. The van der Waals surface area contributed by atoms with Crippen molar-refractivity contribution in [2.45, 2.75) is 25.6 Å². The van der Waals surface area contributed by atoms with Gasteiger partial charge in [0.05, 0.1) is 7.11 Å². The van der Waals surface area contributed by atoms with Crippen LogP contribution in [0.25, 0.3) is 11.1 Å². The van der Waals surface area contributed by atoms with Crippen LogP contribution in [0.3, 0.4) is 0 Å². The Morgan fingerprint density at radius 1 is 0.966 bits per heavy atom. The summed E-state index contributed by atoms with van der Waals surface area (Å²) < 4.78 is 10.7. The summed E-state index contributed by atoms with van der Waals surface area (Å²) in [6, 6.07) is 16.3. The third-order valence-electron chi connectivity index (χ3n) is 5.25. The summed E-state index contributed by atoms with van der Waals surface area (Å²) in [5.41, 5.74) is 4.26. The van der Waals surface area contributed by atoms with E-state index in [-0.39, 0.29) is 6.23 Å². The Balaban J connectivity index is 1.37. The van der Waals surface area contributed by atoms with Gasteiger partial charge in [-0.1, -0.05) is 24.3 Å². The minimum Gasteiger partial charge on any atom is -0.497 e. The first-order chi connectivity index (χ1) is 14.2. The fourth-order valence-electron chi connectivity index (χ4n) is 3.63. The maximum atomic E-state index is 5.54. The monoisotopic (exact) mass is 390 g/mol. The maximum Gasteiger partial charge on any atom is 0.227 e. The molecule has 0 radical (unpaired) electrons. The quantitative estimate of drug-likeness (QED) is 0.643. The number of likely N-dealkylation sites (tertiary alicyclic amines) is 1. The van der Waals surface area contributed by atoms with Crippen LogP contribution < -0.4 is 10.1 Å². The third kappa shape index (κ3) is 4.72. The molecule has 0 bridgehead atoms. The number of nitrogens with zero attached hydrogens (tertiary/aromatic N) is 3. The minimum atomic E-state index is 0.241. The second kappa shape index (κ2) is 9.03. The topological polar surface area (TPSA) is 59.5 Å². The molecular weight excluding hydrogens is 364 g/mol. The lowest BCUT2D eigenvalue weighted by Crippen LogP contribution is -2.30. The zero-order valence-electron chi connectivity index (χ0n) is 16.8. The SMILES string of the molecule is COc1ccc(-c2cnc(Nc3ccc(CN4CCCC4OC)cc3)nc2)cc1. The normalized spacial score (nSPS) is 16.7. The van der Waals surface area contributed by atoms with Gasteiger partial charge in [0.15, 0.2) is 0 Å². The highest BCUT2D eigenvalue weighted by atomic mass is 16.5. The van der Waals surface area contributed by atoms with E-state index in [4.69, 9.17) is 9.47 Å². The van der Waals surface area contributed by atoms with Crippen molar-refractivity contribution >= 4 is 11.6 Å². The van der Waals surface area contributed by atoms with Gasteiger partial charge >= 0.3 is 0 Å². The maximum absolute atomic E-state index is 5.54. The molecule has 1 atom stereocenters. The second-order valence-electron chi connectivity index (χ2n) is 7.15. The Hall–Kier alpha value is -2.96. The van der Waals surface area contributed by atoms with Crippen LogP contribution in [0.5, 0.6) is 5.75 Å². The summed E-state index contributed by atoms with van der Waals surface area (Å²) in [6.07, 6.45) is 6.20. The van der Waals surface area contributed by atoms with Gasteiger partial charge in [0.25, 0.3) is 0 Å². The van der Waals surface area contributed by atoms with Crippen molar-refractivity contribution < 1.29 is 9.47 Å². The highest BCUT2D eigenvalue weighted by Crippen LogP contribution is 2.23. The predicted octanol–water partition coefficient (Wildman–Crippen LogP) is 4.46. The molecule has 150 valence electrons. The van der Waals surface area contributed by atoms with Crippen molar-refractivity contribution in [2.75, 3.05) is 26.1 Å². The summed E-state index contributed by atoms with van der Waals surface area (Å²) >= 11 is 0. The highest BCUT2D eigenvalue weighted by Gasteiger charge is 2.23. The Kier molecular flexibility index (Phi) is 6.03. The Bertz CT molecular complexity index is 911. The molecule has 1 fully saturated rings. The summed E-state index contributed by atoms with van der Waals surface area (Å²) in [4.78, 5) is 11.3. The number of nitrogens with one attached hydrogen (secondary N) is 1. The lowest BCUT2D eigenvalue weighted by Gasteiger charge is -2.23. The summed E-state index contributed by atoms with van der Waals surface area (Å²) in [5, 5.41) is 3.26. The summed E-state index contributed by atoms with van der Waals surface area (Å²) in [7, 11) is 3.45. The largest absolute Gasteiger partial charge is 0.497 e. The molecule has 2 heterocycles. The minimum absolute atomic E-state index is 0.241.